The highest BCUT2D eigenvalue weighted by molar-refractivity contribution is 7.71. The molecule has 136 valence electrons. The van der Waals surface area contributed by atoms with Crippen LogP contribution in [0.3, 0.4) is 0 Å². The Bertz CT molecular complexity index is 1380. The molecule has 28 heavy (non-hydrogen) atoms. The van der Waals surface area contributed by atoms with Gasteiger partial charge in [-0.2, -0.15) is 0 Å². The fourth-order valence-corrected chi connectivity index (χ4v) is 3.73. The highest BCUT2D eigenvalue weighted by Gasteiger charge is 2.19. The molecule has 0 fully saturated rings. The summed E-state index contributed by atoms with van der Waals surface area (Å²) in [6, 6.07) is 20.1. The lowest BCUT2D eigenvalue weighted by Crippen LogP contribution is -1.95. The molecule has 0 spiro atoms. The quantitative estimate of drug-likeness (QED) is 0.367. The van der Waals surface area contributed by atoms with Crippen LogP contribution in [0.1, 0.15) is 0 Å². The molecule has 3 nitrogen and oxygen atoms in total. The van der Waals surface area contributed by atoms with Gasteiger partial charge in [-0.05, 0) is 72.9 Å². The van der Waals surface area contributed by atoms with Gasteiger partial charge in [0.05, 0.1) is 16.9 Å². The predicted molar refractivity (Wildman–Crippen MR) is 109 cm³/mol. The summed E-state index contributed by atoms with van der Waals surface area (Å²) in [5.41, 5.74) is 4.47. The first-order valence-corrected chi connectivity index (χ1v) is 9.08. The van der Waals surface area contributed by atoms with Crippen molar-refractivity contribution in [2.24, 2.45) is 0 Å². The molecule has 0 aliphatic heterocycles. The first kappa shape index (κ1) is 16.8. The number of nitrogens with zero attached hydrogens (tertiary/aromatic N) is 2. The largest absolute Gasteiger partial charge is 0.331 e. The number of imidazole rings is 1. The van der Waals surface area contributed by atoms with Crippen LogP contribution in [-0.2, 0) is 0 Å². The third-order valence-electron chi connectivity index (χ3n) is 4.73. The predicted octanol–water partition coefficient (Wildman–Crippen LogP) is 6.16. The van der Waals surface area contributed by atoms with Crippen molar-refractivity contribution in [1.82, 2.24) is 14.4 Å². The summed E-state index contributed by atoms with van der Waals surface area (Å²) >= 11 is 5.61. The van der Waals surface area contributed by atoms with E-state index in [-0.39, 0.29) is 11.6 Å². The average Bonchev–Trinajstić information content (AvgIpc) is 3.11. The van der Waals surface area contributed by atoms with E-state index in [1.54, 1.807) is 24.3 Å². The minimum Gasteiger partial charge on any atom is -0.331 e. The fourth-order valence-electron chi connectivity index (χ4n) is 3.44. The molecule has 0 atom stereocenters. The van der Waals surface area contributed by atoms with Gasteiger partial charge in [-0.1, -0.05) is 12.1 Å². The van der Waals surface area contributed by atoms with Gasteiger partial charge in [-0.25, -0.2) is 13.8 Å². The van der Waals surface area contributed by atoms with Crippen molar-refractivity contribution in [3.8, 4) is 22.5 Å². The Morgan fingerprint density at radius 2 is 1.39 bits per heavy atom. The summed E-state index contributed by atoms with van der Waals surface area (Å²) in [5.74, 6) is -0.643. The summed E-state index contributed by atoms with van der Waals surface area (Å²) < 4.78 is 29.3. The fraction of sp³-hybridized carbons (Fsp3) is 0. The Balaban J connectivity index is 1.94. The van der Waals surface area contributed by atoms with Crippen LogP contribution in [0.5, 0.6) is 0 Å². The lowest BCUT2D eigenvalue weighted by atomic mass is 10.0. The van der Waals surface area contributed by atoms with Crippen molar-refractivity contribution in [2.75, 3.05) is 0 Å². The Labute approximate surface area is 163 Å². The first-order valence-electron chi connectivity index (χ1n) is 8.67. The second-order valence-electron chi connectivity index (χ2n) is 6.46. The molecule has 0 aliphatic rings. The van der Waals surface area contributed by atoms with Gasteiger partial charge < -0.3 is 4.98 Å². The Morgan fingerprint density at radius 1 is 0.786 bits per heavy atom. The summed E-state index contributed by atoms with van der Waals surface area (Å²) in [6.07, 6.45) is 0. The van der Waals surface area contributed by atoms with Crippen LogP contribution in [0.4, 0.5) is 8.78 Å². The maximum Gasteiger partial charge on any atom is 0.183 e. The van der Waals surface area contributed by atoms with E-state index in [2.05, 4.69) is 4.98 Å². The number of aromatic nitrogens is 3. The highest BCUT2D eigenvalue weighted by atomic mass is 32.1. The number of para-hydroxylation sites is 1. The summed E-state index contributed by atoms with van der Waals surface area (Å²) in [5, 5.41) is 0.910. The molecule has 2 aromatic heterocycles. The van der Waals surface area contributed by atoms with Crippen molar-refractivity contribution in [3.63, 3.8) is 0 Å². The van der Waals surface area contributed by atoms with Crippen LogP contribution in [0.15, 0.2) is 72.8 Å². The maximum absolute atomic E-state index is 13.5. The highest BCUT2D eigenvalue weighted by Crippen LogP contribution is 2.35. The van der Waals surface area contributed by atoms with Crippen molar-refractivity contribution in [2.45, 2.75) is 0 Å². The minimum atomic E-state index is -0.323. The third kappa shape index (κ3) is 2.61. The number of hydrogen-bond donors (Lipinski definition) is 1. The smallest absolute Gasteiger partial charge is 0.183 e. The molecule has 0 amide bonds. The molecular formula is C22H13F2N3S. The SMILES string of the molecule is Fc1ccc(-c2nc3c4ccccc4[nH]c(=S)n3c2-c2ccc(F)cc2)cc1. The number of halogens is 2. The Morgan fingerprint density at radius 3 is 2.07 bits per heavy atom. The molecule has 0 bridgehead atoms. The molecule has 0 saturated heterocycles. The Kier molecular flexibility index (Phi) is 3.80. The lowest BCUT2D eigenvalue weighted by Gasteiger charge is -2.07. The van der Waals surface area contributed by atoms with E-state index in [9.17, 15) is 8.78 Å². The average molecular weight is 389 g/mol. The molecule has 0 radical (unpaired) electrons. The molecule has 3 aromatic carbocycles. The van der Waals surface area contributed by atoms with Gasteiger partial charge in [0.2, 0.25) is 0 Å². The molecule has 6 heteroatoms. The number of hydrogen-bond acceptors (Lipinski definition) is 2. The molecule has 2 heterocycles. The van der Waals surface area contributed by atoms with Crippen molar-refractivity contribution in [1.29, 1.82) is 0 Å². The molecule has 0 unspecified atom stereocenters. The summed E-state index contributed by atoms with van der Waals surface area (Å²) in [7, 11) is 0. The number of nitrogens with one attached hydrogen (secondary N) is 1. The second-order valence-corrected chi connectivity index (χ2v) is 6.84. The van der Waals surface area contributed by atoms with Crippen LogP contribution in [0.25, 0.3) is 39.1 Å². The Hall–Kier alpha value is -3.38. The zero-order chi connectivity index (χ0) is 19.3. The topological polar surface area (TPSA) is 33.1 Å². The molecular weight excluding hydrogens is 376 g/mol. The van der Waals surface area contributed by atoms with E-state index < -0.39 is 0 Å². The van der Waals surface area contributed by atoms with E-state index in [4.69, 9.17) is 17.2 Å². The number of benzene rings is 3. The third-order valence-corrected chi connectivity index (χ3v) is 5.01. The van der Waals surface area contributed by atoms with E-state index in [1.807, 2.05) is 28.7 Å². The van der Waals surface area contributed by atoms with Crippen molar-refractivity contribution < 1.29 is 8.78 Å². The van der Waals surface area contributed by atoms with E-state index in [1.165, 1.54) is 24.3 Å². The van der Waals surface area contributed by atoms with Crippen molar-refractivity contribution >= 4 is 28.8 Å². The second kappa shape index (κ2) is 6.35. The normalized spacial score (nSPS) is 11.4. The number of aromatic amines is 1. The maximum atomic E-state index is 13.5. The molecule has 5 rings (SSSR count). The van der Waals surface area contributed by atoms with Gasteiger partial charge in [-0.3, -0.25) is 4.40 Å². The summed E-state index contributed by atoms with van der Waals surface area (Å²) in [6.45, 7) is 0. The summed E-state index contributed by atoms with van der Waals surface area (Å²) in [4.78, 5) is 8.09. The van der Waals surface area contributed by atoms with Crippen LogP contribution < -0.4 is 0 Å². The van der Waals surface area contributed by atoms with Gasteiger partial charge >= 0.3 is 0 Å². The van der Waals surface area contributed by atoms with Gasteiger partial charge in [0.25, 0.3) is 0 Å². The number of fused-ring (bicyclic) bond motifs is 3. The van der Waals surface area contributed by atoms with Crippen LogP contribution in [0, 0.1) is 16.4 Å². The number of rotatable bonds is 2. The zero-order valence-electron chi connectivity index (χ0n) is 14.5. The van der Waals surface area contributed by atoms with Crippen LogP contribution in [-0.4, -0.2) is 14.4 Å². The monoisotopic (exact) mass is 389 g/mol. The molecule has 5 aromatic rings. The van der Waals surface area contributed by atoms with E-state index >= 15 is 0 Å². The van der Waals surface area contributed by atoms with Gasteiger partial charge in [0, 0.05) is 16.5 Å². The minimum absolute atomic E-state index is 0.321. The number of H-pyrrole nitrogens is 1. The van der Waals surface area contributed by atoms with Crippen LogP contribution in [0.2, 0.25) is 0 Å². The molecule has 0 saturated carbocycles. The van der Waals surface area contributed by atoms with Crippen molar-refractivity contribution in [3.05, 3.63) is 89.2 Å². The molecule has 1 N–H and O–H groups in total. The molecule has 0 aliphatic carbocycles. The standard InChI is InChI=1S/C22H13F2N3S/c23-15-9-5-13(6-10-15)19-20(14-7-11-16(24)12-8-14)27-21(26-19)17-3-1-2-4-18(17)25-22(27)28/h1-12H,(H,25,28). The van der Waals surface area contributed by atoms with E-state index in [0.29, 0.717) is 16.1 Å². The van der Waals surface area contributed by atoms with Crippen LogP contribution >= 0.6 is 12.2 Å². The lowest BCUT2D eigenvalue weighted by molar-refractivity contribution is 0.627. The van der Waals surface area contributed by atoms with E-state index in [0.717, 1.165) is 27.7 Å². The first-order chi connectivity index (χ1) is 13.6. The van der Waals surface area contributed by atoms with Gasteiger partial charge in [0.1, 0.15) is 17.3 Å². The zero-order valence-corrected chi connectivity index (χ0v) is 15.3. The van der Waals surface area contributed by atoms with Gasteiger partial charge in [-0.15, -0.1) is 0 Å². The van der Waals surface area contributed by atoms with Gasteiger partial charge in [0.15, 0.2) is 4.77 Å².